The predicted molar refractivity (Wildman–Crippen MR) is 89.9 cm³/mol. The van der Waals surface area contributed by atoms with Crippen LogP contribution in [0.5, 0.6) is 0 Å². The second-order valence-electron chi connectivity index (χ2n) is 5.75. The van der Waals surface area contributed by atoms with Crippen LogP contribution in [0.15, 0.2) is 27.1 Å². The van der Waals surface area contributed by atoms with Gasteiger partial charge in [0.1, 0.15) is 0 Å². The molecule has 0 aliphatic carbocycles. The van der Waals surface area contributed by atoms with Crippen molar-refractivity contribution in [3.8, 4) is 0 Å². The van der Waals surface area contributed by atoms with E-state index in [0.717, 1.165) is 42.5 Å². The topological polar surface area (TPSA) is 15.3 Å². The molecule has 1 unspecified atom stereocenters. The second-order valence-corrected chi connectivity index (χ2v) is 7.52. The Hall–Kier alpha value is -0.0600. The number of rotatable bonds is 5. The van der Waals surface area contributed by atoms with Gasteiger partial charge in [0.05, 0.1) is 5.69 Å². The van der Waals surface area contributed by atoms with Crippen LogP contribution in [-0.2, 0) is 0 Å². The van der Waals surface area contributed by atoms with Crippen LogP contribution in [0, 0.1) is 11.8 Å². The third-order valence-corrected chi connectivity index (χ3v) is 4.65. The Morgan fingerprint density at radius 2 is 2.16 bits per heavy atom. The van der Waals surface area contributed by atoms with Crippen molar-refractivity contribution in [1.82, 2.24) is 5.32 Å². The summed E-state index contributed by atoms with van der Waals surface area (Å²) in [4.78, 5) is 2.48. The smallest absolute Gasteiger partial charge is 0.0511 e. The molecule has 1 aliphatic rings. The fraction of sp³-hybridized carbons (Fsp3) is 0.600. The Labute approximate surface area is 133 Å². The Morgan fingerprint density at radius 1 is 1.37 bits per heavy atom. The fourth-order valence-corrected chi connectivity index (χ4v) is 3.83. The van der Waals surface area contributed by atoms with Crippen molar-refractivity contribution in [2.45, 2.75) is 20.3 Å². The van der Waals surface area contributed by atoms with E-state index in [1.165, 1.54) is 16.6 Å². The van der Waals surface area contributed by atoms with E-state index in [1.807, 2.05) is 0 Å². The van der Waals surface area contributed by atoms with E-state index >= 15 is 0 Å². The van der Waals surface area contributed by atoms with E-state index < -0.39 is 0 Å². The van der Waals surface area contributed by atoms with Crippen molar-refractivity contribution in [2.24, 2.45) is 11.8 Å². The van der Waals surface area contributed by atoms with Crippen molar-refractivity contribution in [2.75, 3.05) is 31.1 Å². The van der Waals surface area contributed by atoms with Crippen LogP contribution in [0.2, 0.25) is 0 Å². The molecule has 1 fully saturated rings. The van der Waals surface area contributed by atoms with Crippen LogP contribution in [0.4, 0.5) is 5.69 Å². The molecular weight excluding hydrogens is 368 g/mol. The minimum atomic E-state index is 0.734. The van der Waals surface area contributed by atoms with E-state index in [4.69, 9.17) is 0 Å². The van der Waals surface area contributed by atoms with Crippen molar-refractivity contribution < 1.29 is 0 Å². The SMILES string of the molecule is CC(C)CNCC1CCN(c2ccc(Br)cc2Br)C1. The zero-order valence-electron chi connectivity index (χ0n) is 11.6. The summed E-state index contributed by atoms with van der Waals surface area (Å²) in [5.74, 6) is 1.51. The Balaban J connectivity index is 1.87. The monoisotopic (exact) mass is 388 g/mol. The molecule has 0 aromatic heterocycles. The van der Waals surface area contributed by atoms with Crippen LogP contribution < -0.4 is 10.2 Å². The summed E-state index contributed by atoms with van der Waals surface area (Å²) in [5.41, 5.74) is 1.31. The molecule has 4 heteroatoms. The number of nitrogens with zero attached hydrogens (tertiary/aromatic N) is 1. The molecule has 1 aromatic carbocycles. The molecule has 1 heterocycles. The molecule has 1 N–H and O–H groups in total. The van der Waals surface area contributed by atoms with E-state index in [2.05, 4.69) is 74.1 Å². The molecule has 1 atom stereocenters. The maximum Gasteiger partial charge on any atom is 0.0511 e. The molecule has 0 spiro atoms. The summed E-state index contributed by atoms with van der Waals surface area (Å²) >= 11 is 7.17. The molecule has 0 radical (unpaired) electrons. The summed E-state index contributed by atoms with van der Waals surface area (Å²) < 4.78 is 2.30. The van der Waals surface area contributed by atoms with Gasteiger partial charge < -0.3 is 10.2 Å². The quantitative estimate of drug-likeness (QED) is 0.808. The molecule has 0 amide bonds. The van der Waals surface area contributed by atoms with Gasteiger partial charge in [-0.2, -0.15) is 0 Å². The van der Waals surface area contributed by atoms with Gasteiger partial charge in [0.15, 0.2) is 0 Å². The largest absolute Gasteiger partial charge is 0.370 e. The van der Waals surface area contributed by atoms with Crippen LogP contribution in [-0.4, -0.2) is 26.2 Å². The lowest BCUT2D eigenvalue weighted by Crippen LogP contribution is -2.28. The van der Waals surface area contributed by atoms with E-state index in [-0.39, 0.29) is 0 Å². The number of benzene rings is 1. The highest BCUT2D eigenvalue weighted by atomic mass is 79.9. The van der Waals surface area contributed by atoms with Crippen molar-refractivity contribution in [1.29, 1.82) is 0 Å². The molecule has 1 saturated heterocycles. The number of anilines is 1. The normalized spacial score (nSPS) is 19.4. The predicted octanol–water partition coefficient (Wildman–Crippen LogP) is 4.28. The summed E-state index contributed by atoms with van der Waals surface area (Å²) in [6, 6.07) is 6.43. The van der Waals surface area contributed by atoms with Gasteiger partial charge in [-0.15, -0.1) is 0 Å². The first-order chi connectivity index (χ1) is 9.06. The first-order valence-electron chi connectivity index (χ1n) is 6.97. The van der Waals surface area contributed by atoms with E-state index in [1.54, 1.807) is 0 Å². The van der Waals surface area contributed by atoms with Gasteiger partial charge in [-0.3, -0.25) is 0 Å². The standard InChI is InChI=1S/C15H22Br2N2/c1-11(2)8-18-9-12-5-6-19(10-12)15-4-3-13(16)7-14(15)17/h3-4,7,11-12,18H,5-6,8-10H2,1-2H3. The first kappa shape index (κ1) is 15.3. The molecular formula is C15H22Br2N2. The van der Waals surface area contributed by atoms with Gasteiger partial charge in [-0.1, -0.05) is 29.8 Å². The van der Waals surface area contributed by atoms with Gasteiger partial charge in [0.25, 0.3) is 0 Å². The third-order valence-electron chi connectivity index (χ3n) is 3.52. The van der Waals surface area contributed by atoms with Crippen molar-refractivity contribution in [3.05, 3.63) is 27.1 Å². The van der Waals surface area contributed by atoms with Crippen molar-refractivity contribution >= 4 is 37.5 Å². The third kappa shape index (κ3) is 4.47. The van der Waals surface area contributed by atoms with Crippen LogP contribution in [0.25, 0.3) is 0 Å². The van der Waals surface area contributed by atoms with Crippen molar-refractivity contribution in [3.63, 3.8) is 0 Å². The number of hydrogen-bond donors (Lipinski definition) is 1. The summed E-state index contributed by atoms with van der Waals surface area (Å²) in [7, 11) is 0. The van der Waals surface area contributed by atoms with Gasteiger partial charge in [-0.25, -0.2) is 0 Å². The molecule has 2 nitrogen and oxygen atoms in total. The van der Waals surface area contributed by atoms with Crippen LogP contribution in [0.3, 0.4) is 0 Å². The zero-order valence-corrected chi connectivity index (χ0v) is 14.8. The molecule has 0 saturated carbocycles. The molecule has 106 valence electrons. The second kappa shape index (κ2) is 7.09. The molecule has 0 bridgehead atoms. The average molecular weight is 390 g/mol. The number of hydrogen-bond acceptors (Lipinski definition) is 2. The maximum absolute atomic E-state index is 3.66. The summed E-state index contributed by atoms with van der Waals surface area (Å²) in [6.07, 6.45) is 1.29. The lowest BCUT2D eigenvalue weighted by Gasteiger charge is -2.20. The fourth-order valence-electron chi connectivity index (χ4n) is 2.53. The van der Waals surface area contributed by atoms with Gasteiger partial charge in [0.2, 0.25) is 0 Å². The highest BCUT2D eigenvalue weighted by molar-refractivity contribution is 9.11. The molecule has 2 rings (SSSR count). The molecule has 1 aliphatic heterocycles. The van der Waals surface area contributed by atoms with E-state index in [9.17, 15) is 0 Å². The van der Waals surface area contributed by atoms with Gasteiger partial charge in [-0.05, 0) is 65.5 Å². The lowest BCUT2D eigenvalue weighted by atomic mass is 10.1. The summed E-state index contributed by atoms with van der Waals surface area (Å²) in [6.45, 7) is 9.10. The zero-order chi connectivity index (χ0) is 13.8. The number of halogens is 2. The van der Waals surface area contributed by atoms with Gasteiger partial charge >= 0.3 is 0 Å². The minimum Gasteiger partial charge on any atom is -0.370 e. The molecule has 1 aromatic rings. The van der Waals surface area contributed by atoms with E-state index in [0.29, 0.717) is 0 Å². The first-order valence-corrected chi connectivity index (χ1v) is 8.55. The highest BCUT2D eigenvalue weighted by Crippen LogP contribution is 2.32. The Bertz CT molecular complexity index is 421. The Morgan fingerprint density at radius 3 is 2.84 bits per heavy atom. The lowest BCUT2D eigenvalue weighted by molar-refractivity contribution is 0.477. The van der Waals surface area contributed by atoms with Crippen LogP contribution in [0.1, 0.15) is 20.3 Å². The minimum absolute atomic E-state index is 0.734. The average Bonchev–Trinajstić information content (AvgIpc) is 2.77. The molecule has 19 heavy (non-hydrogen) atoms. The summed E-state index contributed by atoms with van der Waals surface area (Å²) in [5, 5.41) is 3.58. The van der Waals surface area contributed by atoms with Gasteiger partial charge in [0, 0.05) is 22.0 Å². The highest BCUT2D eigenvalue weighted by Gasteiger charge is 2.23. The van der Waals surface area contributed by atoms with Crippen LogP contribution >= 0.6 is 31.9 Å². The number of nitrogens with one attached hydrogen (secondary N) is 1. The Kier molecular flexibility index (Phi) is 5.72. The maximum atomic E-state index is 3.66.